The molecule has 1 aromatic rings. The molecular formula is C13H20ClFN2O3S. The van der Waals surface area contributed by atoms with E-state index in [0.717, 1.165) is 18.9 Å². The lowest BCUT2D eigenvalue weighted by Gasteiger charge is -2.22. The summed E-state index contributed by atoms with van der Waals surface area (Å²) in [5, 5.41) is 9.30. The molecule has 0 aliphatic heterocycles. The summed E-state index contributed by atoms with van der Waals surface area (Å²) in [4.78, 5) is 0. The number of unbranched alkanes of at least 4 members (excludes halogenated alkanes) is 1. The van der Waals surface area contributed by atoms with Crippen molar-refractivity contribution in [1.29, 1.82) is 0 Å². The fourth-order valence-corrected chi connectivity index (χ4v) is 2.95. The lowest BCUT2D eigenvalue weighted by molar-refractivity contribution is 0.256. The molecule has 0 aliphatic rings. The molecule has 0 fully saturated rings. The number of nitrogens with zero attached hydrogens (tertiary/aromatic N) is 1. The third-order valence-corrected chi connectivity index (χ3v) is 4.95. The molecule has 0 amide bonds. The fourth-order valence-electron chi connectivity index (χ4n) is 1.71. The smallest absolute Gasteiger partial charge is 0.279 e. The Bertz CT molecular complexity index is 569. The van der Waals surface area contributed by atoms with Crippen LogP contribution >= 0.6 is 11.6 Å². The van der Waals surface area contributed by atoms with Crippen molar-refractivity contribution < 1.29 is 17.9 Å². The molecular weight excluding hydrogens is 319 g/mol. The summed E-state index contributed by atoms with van der Waals surface area (Å²) < 4.78 is 41.2. The summed E-state index contributed by atoms with van der Waals surface area (Å²) in [5.74, 6) is -0.661. The lowest BCUT2D eigenvalue weighted by atomic mass is 10.1. The predicted octanol–water partition coefficient (Wildman–Crippen LogP) is 2.08. The van der Waals surface area contributed by atoms with Crippen molar-refractivity contribution in [1.82, 2.24) is 9.03 Å². The third kappa shape index (κ3) is 5.19. The first-order valence-corrected chi connectivity index (χ1v) is 8.43. The second-order valence-electron chi connectivity index (χ2n) is 4.71. The van der Waals surface area contributed by atoms with Crippen molar-refractivity contribution in [2.45, 2.75) is 25.8 Å². The highest BCUT2D eigenvalue weighted by molar-refractivity contribution is 7.87. The van der Waals surface area contributed by atoms with Crippen LogP contribution in [0.5, 0.6) is 0 Å². The Labute approximate surface area is 129 Å². The average molecular weight is 339 g/mol. The van der Waals surface area contributed by atoms with Crippen molar-refractivity contribution in [2.24, 2.45) is 0 Å². The predicted molar refractivity (Wildman–Crippen MR) is 80.8 cm³/mol. The van der Waals surface area contributed by atoms with Gasteiger partial charge in [0, 0.05) is 13.6 Å². The maximum Gasteiger partial charge on any atom is 0.279 e. The van der Waals surface area contributed by atoms with Crippen LogP contribution in [-0.2, 0) is 10.2 Å². The number of aliphatic hydroxyl groups excluding tert-OH is 1. The molecule has 0 aliphatic carbocycles. The van der Waals surface area contributed by atoms with Gasteiger partial charge in [-0.1, -0.05) is 31.0 Å². The van der Waals surface area contributed by atoms with Crippen LogP contribution in [-0.4, -0.2) is 38.0 Å². The normalized spacial score (nSPS) is 13.6. The number of benzene rings is 1. The molecule has 21 heavy (non-hydrogen) atoms. The van der Waals surface area contributed by atoms with E-state index in [1.54, 1.807) is 0 Å². The molecule has 0 radical (unpaired) electrons. The minimum Gasteiger partial charge on any atom is -0.394 e. The standard InChI is InChI=1S/C13H20ClFN2O3S/c1-3-4-7-17(2)21(19,20)16-13(9-18)10-5-6-11(14)12(15)8-10/h5-6,8,13,16,18H,3-4,7,9H2,1-2H3. The molecule has 0 bridgehead atoms. The number of hydrogen-bond donors (Lipinski definition) is 2. The summed E-state index contributed by atoms with van der Waals surface area (Å²) in [6, 6.07) is 2.98. The SMILES string of the molecule is CCCCN(C)S(=O)(=O)NC(CO)c1ccc(Cl)c(F)c1. The minimum absolute atomic E-state index is 0.0571. The van der Waals surface area contributed by atoms with Crippen LogP contribution in [0.3, 0.4) is 0 Å². The highest BCUT2D eigenvalue weighted by Crippen LogP contribution is 2.21. The number of rotatable bonds is 8. The average Bonchev–Trinajstić information content (AvgIpc) is 2.45. The van der Waals surface area contributed by atoms with E-state index in [1.165, 1.54) is 23.5 Å². The summed E-state index contributed by atoms with van der Waals surface area (Å²) >= 11 is 5.58. The van der Waals surface area contributed by atoms with Gasteiger partial charge in [-0.05, 0) is 24.1 Å². The molecule has 120 valence electrons. The minimum atomic E-state index is -3.75. The van der Waals surface area contributed by atoms with E-state index in [4.69, 9.17) is 11.6 Å². The van der Waals surface area contributed by atoms with Gasteiger partial charge in [0.1, 0.15) is 5.82 Å². The first-order chi connectivity index (χ1) is 9.81. The molecule has 0 spiro atoms. The van der Waals surface area contributed by atoms with Crippen LogP contribution in [0.1, 0.15) is 31.4 Å². The van der Waals surface area contributed by atoms with Gasteiger partial charge in [-0.3, -0.25) is 0 Å². The maximum atomic E-state index is 13.4. The zero-order valence-corrected chi connectivity index (χ0v) is 13.6. The van der Waals surface area contributed by atoms with Crippen LogP contribution in [0.4, 0.5) is 4.39 Å². The molecule has 0 saturated heterocycles. The van der Waals surface area contributed by atoms with Gasteiger partial charge < -0.3 is 5.11 Å². The lowest BCUT2D eigenvalue weighted by Crippen LogP contribution is -2.41. The van der Waals surface area contributed by atoms with Gasteiger partial charge in [0.2, 0.25) is 0 Å². The summed E-state index contributed by atoms with van der Waals surface area (Å²) in [5.41, 5.74) is 0.312. The van der Waals surface area contributed by atoms with E-state index in [-0.39, 0.29) is 5.02 Å². The maximum absolute atomic E-state index is 13.4. The van der Waals surface area contributed by atoms with Gasteiger partial charge in [0.15, 0.2) is 0 Å². The van der Waals surface area contributed by atoms with Crippen molar-refractivity contribution >= 4 is 21.8 Å². The number of hydrogen-bond acceptors (Lipinski definition) is 3. The molecule has 1 unspecified atom stereocenters. The third-order valence-electron chi connectivity index (χ3n) is 3.06. The molecule has 5 nitrogen and oxygen atoms in total. The number of halogens is 2. The zero-order chi connectivity index (χ0) is 16.0. The topological polar surface area (TPSA) is 69.6 Å². The second-order valence-corrected chi connectivity index (χ2v) is 6.92. The zero-order valence-electron chi connectivity index (χ0n) is 12.0. The largest absolute Gasteiger partial charge is 0.394 e. The Hall–Kier alpha value is -0.730. The molecule has 0 saturated carbocycles. The Morgan fingerprint density at radius 2 is 2.14 bits per heavy atom. The van der Waals surface area contributed by atoms with Crippen molar-refractivity contribution in [2.75, 3.05) is 20.2 Å². The monoisotopic (exact) mass is 338 g/mol. The highest BCUT2D eigenvalue weighted by Gasteiger charge is 2.23. The summed E-state index contributed by atoms with van der Waals surface area (Å²) in [6.45, 7) is 1.85. The van der Waals surface area contributed by atoms with Gasteiger partial charge in [-0.2, -0.15) is 17.4 Å². The molecule has 1 aromatic carbocycles. The molecule has 2 N–H and O–H groups in total. The Morgan fingerprint density at radius 1 is 1.48 bits per heavy atom. The Balaban J connectivity index is 2.88. The quantitative estimate of drug-likeness (QED) is 0.762. The summed E-state index contributed by atoms with van der Waals surface area (Å²) in [7, 11) is -2.29. The van der Waals surface area contributed by atoms with Crippen molar-refractivity contribution in [3.63, 3.8) is 0 Å². The Kier molecular flexibility index (Phi) is 7.02. The first kappa shape index (κ1) is 18.3. The molecule has 0 heterocycles. The van der Waals surface area contributed by atoms with Crippen molar-refractivity contribution in [3.05, 3.63) is 34.6 Å². The molecule has 1 atom stereocenters. The summed E-state index contributed by atoms with van der Waals surface area (Å²) in [6.07, 6.45) is 1.60. The van der Waals surface area contributed by atoms with E-state index >= 15 is 0 Å². The van der Waals surface area contributed by atoms with Gasteiger partial charge in [0.05, 0.1) is 17.7 Å². The van der Waals surface area contributed by atoms with Gasteiger partial charge in [-0.15, -0.1) is 0 Å². The van der Waals surface area contributed by atoms with E-state index in [9.17, 15) is 17.9 Å². The molecule has 8 heteroatoms. The van der Waals surface area contributed by atoms with Gasteiger partial charge in [0.25, 0.3) is 10.2 Å². The number of aliphatic hydroxyl groups is 1. The van der Waals surface area contributed by atoms with Crippen LogP contribution in [0.25, 0.3) is 0 Å². The van der Waals surface area contributed by atoms with Gasteiger partial charge >= 0.3 is 0 Å². The van der Waals surface area contributed by atoms with Crippen molar-refractivity contribution in [3.8, 4) is 0 Å². The second kappa shape index (κ2) is 8.05. The van der Waals surface area contributed by atoms with E-state index in [2.05, 4.69) is 4.72 Å². The van der Waals surface area contributed by atoms with Crippen LogP contribution in [0.15, 0.2) is 18.2 Å². The first-order valence-electron chi connectivity index (χ1n) is 6.61. The van der Waals surface area contributed by atoms with E-state index in [1.807, 2.05) is 6.92 Å². The van der Waals surface area contributed by atoms with Crippen LogP contribution < -0.4 is 4.72 Å². The van der Waals surface area contributed by atoms with E-state index < -0.39 is 28.7 Å². The van der Waals surface area contributed by atoms with Gasteiger partial charge in [-0.25, -0.2) is 4.39 Å². The van der Waals surface area contributed by atoms with Crippen LogP contribution in [0, 0.1) is 5.82 Å². The fraction of sp³-hybridized carbons (Fsp3) is 0.538. The Morgan fingerprint density at radius 3 is 2.67 bits per heavy atom. The van der Waals surface area contributed by atoms with E-state index in [0.29, 0.717) is 12.1 Å². The van der Waals surface area contributed by atoms with Crippen LogP contribution in [0.2, 0.25) is 5.02 Å². The molecule has 0 aromatic heterocycles. The highest BCUT2D eigenvalue weighted by atomic mass is 35.5. The molecule has 1 rings (SSSR count). The number of nitrogens with one attached hydrogen (secondary N) is 1.